The van der Waals surface area contributed by atoms with Crippen molar-refractivity contribution in [3.63, 3.8) is 0 Å². The Kier molecular flexibility index (Phi) is 4.49. The first-order valence-electron chi connectivity index (χ1n) is 14.5. The molecule has 5 aliphatic carbocycles. The van der Waals surface area contributed by atoms with Gasteiger partial charge in [0.15, 0.2) is 0 Å². The molecule has 4 heteroatoms. The third kappa shape index (κ3) is 3.23. The predicted octanol–water partition coefficient (Wildman–Crippen LogP) is 6.15. The van der Waals surface area contributed by atoms with Gasteiger partial charge in [-0.05, 0) is 113 Å². The van der Waals surface area contributed by atoms with Crippen LogP contribution in [0.3, 0.4) is 0 Å². The summed E-state index contributed by atoms with van der Waals surface area (Å²) in [6.07, 6.45) is 12.0. The summed E-state index contributed by atoms with van der Waals surface area (Å²) < 4.78 is 22.5. The molecular formula is C30H48O4. The van der Waals surface area contributed by atoms with Gasteiger partial charge in [0.25, 0.3) is 0 Å². The molecule has 4 saturated heterocycles. The van der Waals surface area contributed by atoms with Gasteiger partial charge in [0.05, 0.1) is 47.8 Å². The molecule has 192 valence electrons. The van der Waals surface area contributed by atoms with Crippen LogP contribution in [0.5, 0.6) is 0 Å². The average molecular weight is 473 g/mol. The standard InChI is InChI=1S/C10H16O2.2C10H16O/c1-9-4-3-7(5-8(9)12-9)10(2)6-11-10;1-9(2)6-4-8-10(3,11-8)5-7(6)9;1-9(2)7-3-4-8(5-7)10(9)6-11-10/h7-8H,3-6H2,1-2H3;6-8H,4-5H2,1-3H3;7-8H,3-6H2,1-2H3. The average Bonchev–Trinajstić information content (AvgIpc) is 3.60. The molecule has 9 aliphatic rings. The zero-order valence-corrected chi connectivity index (χ0v) is 22.7. The monoisotopic (exact) mass is 472 g/mol. The van der Waals surface area contributed by atoms with Crippen LogP contribution in [-0.4, -0.2) is 47.8 Å². The van der Waals surface area contributed by atoms with Crippen molar-refractivity contribution in [2.45, 2.75) is 134 Å². The van der Waals surface area contributed by atoms with E-state index in [-0.39, 0.29) is 11.2 Å². The molecule has 4 aliphatic heterocycles. The van der Waals surface area contributed by atoms with Crippen molar-refractivity contribution in [1.82, 2.24) is 0 Å². The second-order valence-corrected chi connectivity index (χ2v) is 15.5. The van der Waals surface area contributed by atoms with Crippen molar-refractivity contribution in [2.24, 2.45) is 40.4 Å². The molecule has 11 atom stereocenters. The van der Waals surface area contributed by atoms with E-state index in [1.165, 1.54) is 51.4 Å². The molecule has 5 saturated carbocycles. The molecule has 4 heterocycles. The molecule has 2 bridgehead atoms. The van der Waals surface area contributed by atoms with Gasteiger partial charge in [-0.3, -0.25) is 0 Å². The third-order valence-corrected chi connectivity index (χ3v) is 13.1. The first-order chi connectivity index (χ1) is 15.8. The molecule has 0 aromatic rings. The van der Waals surface area contributed by atoms with Crippen molar-refractivity contribution in [2.75, 3.05) is 13.2 Å². The van der Waals surface area contributed by atoms with Gasteiger partial charge in [0.2, 0.25) is 0 Å². The zero-order valence-electron chi connectivity index (χ0n) is 22.7. The molecule has 9 fully saturated rings. The lowest BCUT2D eigenvalue weighted by Gasteiger charge is -2.35. The SMILES string of the molecule is CC1(C)C2CCC(C2)C12CO2.CC1(C2CCC3(C)OC3C2)CO1.CC12CC3C(CC1O2)C3(C)C. The molecule has 34 heavy (non-hydrogen) atoms. The van der Waals surface area contributed by atoms with Crippen LogP contribution in [0.15, 0.2) is 0 Å². The van der Waals surface area contributed by atoms with Gasteiger partial charge in [0.1, 0.15) is 0 Å². The van der Waals surface area contributed by atoms with Crippen LogP contribution in [0.2, 0.25) is 0 Å². The van der Waals surface area contributed by atoms with E-state index in [1.54, 1.807) is 0 Å². The summed E-state index contributed by atoms with van der Waals surface area (Å²) in [5.41, 5.74) is 2.32. The Morgan fingerprint density at radius 3 is 1.76 bits per heavy atom. The van der Waals surface area contributed by atoms with E-state index in [0.717, 1.165) is 42.8 Å². The summed E-state index contributed by atoms with van der Waals surface area (Å²) in [6.45, 7) is 18.4. The highest BCUT2D eigenvalue weighted by Gasteiger charge is 2.71. The summed E-state index contributed by atoms with van der Waals surface area (Å²) in [6, 6.07) is 0. The minimum atomic E-state index is 0.229. The zero-order chi connectivity index (χ0) is 23.9. The van der Waals surface area contributed by atoms with E-state index in [0.29, 0.717) is 34.2 Å². The molecule has 0 radical (unpaired) electrons. The Morgan fingerprint density at radius 1 is 0.588 bits per heavy atom. The number of hydrogen-bond acceptors (Lipinski definition) is 4. The highest BCUT2D eigenvalue weighted by Crippen LogP contribution is 2.71. The lowest BCUT2D eigenvalue weighted by molar-refractivity contribution is 0.0736. The van der Waals surface area contributed by atoms with Crippen LogP contribution in [0.4, 0.5) is 0 Å². The van der Waals surface area contributed by atoms with Crippen LogP contribution in [-0.2, 0) is 18.9 Å². The maximum absolute atomic E-state index is 5.71. The Balaban J connectivity index is 0.0000000883. The first-order valence-corrected chi connectivity index (χ1v) is 14.5. The molecule has 0 aromatic carbocycles. The lowest BCUT2D eigenvalue weighted by atomic mass is 9.69. The largest absolute Gasteiger partial charge is 0.370 e. The fourth-order valence-electron chi connectivity index (χ4n) is 9.33. The second kappa shape index (κ2) is 6.63. The van der Waals surface area contributed by atoms with Crippen molar-refractivity contribution in [3.8, 4) is 0 Å². The van der Waals surface area contributed by atoms with Crippen LogP contribution < -0.4 is 0 Å². The molecule has 11 unspecified atom stereocenters. The van der Waals surface area contributed by atoms with E-state index in [9.17, 15) is 0 Å². The first kappa shape index (κ1) is 23.0. The van der Waals surface area contributed by atoms with Gasteiger partial charge in [-0.25, -0.2) is 0 Å². The Morgan fingerprint density at radius 2 is 1.24 bits per heavy atom. The summed E-state index contributed by atoms with van der Waals surface area (Å²) in [4.78, 5) is 0. The second-order valence-electron chi connectivity index (χ2n) is 15.5. The van der Waals surface area contributed by atoms with Crippen molar-refractivity contribution in [3.05, 3.63) is 0 Å². The van der Waals surface area contributed by atoms with Crippen LogP contribution in [0, 0.1) is 40.4 Å². The lowest BCUT2D eigenvalue weighted by Crippen LogP contribution is -2.38. The van der Waals surface area contributed by atoms with E-state index >= 15 is 0 Å². The highest BCUT2D eigenvalue weighted by molar-refractivity contribution is 5.19. The molecule has 0 amide bonds. The number of fused-ring (bicyclic) bond motifs is 6. The Hall–Kier alpha value is -0.160. The fraction of sp³-hybridized carbons (Fsp3) is 1.00. The molecule has 0 N–H and O–H groups in total. The number of hydrogen-bond donors (Lipinski definition) is 0. The van der Waals surface area contributed by atoms with Gasteiger partial charge in [-0.15, -0.1) is 0 Å². The summed E-state index contributed by atoms with van der Waals surface area (Å²) >= 11 is 0. The topological polar surface area (TPSA) is 50.1 Å². The van der Waals surface area contributed by atoms with Gasteiger partial charge in [-0.2, -0.15) is 0 Å². The van der Waals surface area contributed by atoms with E-state index < -0.39 is 0 Å². The molecule has 4 nitrogen and oxygen atoms in total. The molecular weight excluding hydrogens is 424 g/mol. The Labute approximate surface area is 207 Å². The van der Waals surface area contributed by atoms with Gasteiger partial charge < -0.3 is 18.9 Å². The molecule has 9 rings (SSSR count). The predicted molar refractivity (Wildman–Crippen MR) is 132 cm³/mol. The summed E-state index contributed by atoms with van der Waals surface area (Å²) in [5, 5.41) is 0. The van der Waals surface area contributed by atoms with Gasteiger partial charge in [0, 0.05) is 0 Å². The van der Waals surface area contributed by atoms with E-state index in [1.807, 2.05) is 0 Å². The third-order valence-electron chi connectivity index (χ3n) is 13.1. The molecule has 1 spiro atoms. The van der Waals surface area contributed by atoms with E-state index in [4.69, 9.17) is 18.9 Å². The van der Waals surface area contributed by atoms with Crippen LogP contribution >= 0.6 is 0 Å². The summed E-state index contributed by atoms with van der Waals surface area (Å²) in [5.74, 6) is 4.62. The van der Waals surface area contributed by atoms with Gasteiger partial charge in [-0.1, -0.05) is 27.7 Å². The normalized spacial score (nSPS) is 61.0. The van der Waals surface area contributed by atoms with Crippen molar-refractivity contribution >= 4 is 0 Å². The maximum Gasteiger partial charge on any atom is 0.0997 e. The number of epoxide rings is 4. The van der Waals surface area contributed by atoms with Gasteiger partial charge >= 0.3 is 0 Å². The number of ether oxygens (including phenoxy) is 4. The smallest absolute Gasteiger partial charge is 0.0997 e. The van der Waals surface area contributed by atoms with E-state index in [2.05, 4.69) is 48.5 Å². The maximum atomic E-state index is 5.71. The molecule has 0 aromatic heterocycles. The summed E-state index contributed by atoms with van der Waals surface area (Å²) in [7, 11) is 0. The van der Waals surface area contributed by atoms with Crippen LogP contribution in [0.1, 0.15) is 99.8 Å². The fourth-order valence-corrected chi connectivity index (χ4v) is 9.33. The minimum absolute atomic E-state index is 0.229. The minimum Gasteiger partial charge on any atom is -0.370 e. The number of rotatable bonds is 1. The highest BCUT2D eigenvalue weighted by atomic mass is 16.6. The van der Waals surface area contributed by atoms with Crippen LogP contribution in [0.25, 0.3) is 0 Å². The quantitative estimate of drug-likeness (QED) is 0.429. The Bertz CT molecular complexity index is 861. The van der Waals surface area contributed by atoms with Crippen molar-refractivity contribution in [1.29, 1.82) is 0 Å². The van der Waals surface area contributed by atoms with Crippen molar-refractivity contribution < 1.29 is 18.9 Å².